The third-order valence-corrected chi connectivity index (χ3v) is 4.90. The van der Waals surface area contributed by atoms with Crippen molar-refractivity contribution in [2.24, 2.45) is 0 Å². The Morgan fingerprint density at radius 1 is 1.29 bits per heavy atom. The summed E-state index contributed by atoms with van der Waals surface area (Å²) < 4.78 is 0. The third-order valence-electron chi connectivity index (χ3n) is 3.50. The van der Waals surface area contributed by atoms with Crippen molar-refractivity contribution in [3.05, 3.63) is 35.4 Å². The average Bonchev–Trinajstić information content (AvgIpc) is 2.38. The molecule has 0 spiro atoms. The largest absolute Gasteiger partial charge is 0.309 e. The molecule has 2 unspecified atom stereocenters. The summed E-state index contributed by atoms with van der Waals surface area (Å²) in [5, 5.41) is 4.50. The van der Waals surface area contributed by atoms with Gasteiger partial charge in [-0.2, -0.15) is 11.8 Å². The van der Waals surface area contributed by atoms with Crippen LogP contribution in [0.5, 0.6) is 0 Å². The van der Waals surface area contributed by atoms with Gasteiger partial charge in [0.2, 0.25) is 0 Å². The summed E-state index contributed by atoms with van der Waals surface area (Å²) in [4.78, 5) is 0. The average molecular weight is 249 g/mol. The first-order valence-corrected chi connectivity index (χ1v) is 7.72. The molecule has 0 amide bonds. The second-order valence-electron chi connectivity index (χ2n) is 5.03. The van der Waals surface area contributed by atoms with E-state index in [0.717, 1.165) is 11.8 Å². The van der Waals surface area contributed by atoms with E-state index in [0.29, 0.717) is 6.04 Å². The highest BCUT2D eigenvalue weighted by Crippen LogP contribution is 2.25. The number of rotatable bonds is 4. The Morgan fingerprint density at radius 3 is 2.71 bits per heavy atom. The molecule has 1 heterocycles. The minimum Gasteiger partial charge on any atom is -0.309 e. The molecule has 2 atom stereocenters. The fourth-order valence-corrected chi connectivity index (χ4v) is 3.50. The Morgan fingerprint density at radius 2 is 2.06 bits per heavy atom. The molecule has 1 saturated heterocycles. The second kappa shape index (κ2) is 6.46. The molecule has 1 aliphatic rings. The Balaban J connectivity index is 1.80. The lowest BCUT2D eigenvalue weighted by atomic mass is 10.1. The molecule has 94 valence electrons. The van der Waals surface area contributed by atoms with Gasteiger partial charge < -0.3 is 5.32 Å². The summed E-state index contributed by atoms with van der Waals surface area (Å²) in [6.45, 7) is 5.55. The van der Waals surface area contributed by atoms with E-state index >= 15 is 0 Å². The molecular weight excluding hydrogens is 226 g/mol. The van der Waals surface area contributed by atoms with Crippen molar-refractivity contribution in [3.63, 3.8) is 0 Å². The minimum atomic E-state index is 0.470. The molecule has 17 heavy (non-hydrogen) atoms. The molecule has 0 radical (unpaired) electrons. The lowest BCUT2D eigenvalue weighted by molar-refractivity contribution is 0.538. The van der Waals surface area contributed by atoms with Gasteiger partial charge in [0.25, 0.3) is 0 Å². The summed E-state index contributed by atoms with van der Waals surface area (Å²) in [5.74, 6) is 1.35. The molecule has 0 bridgehead atoms. The fraction of sp³-hybridized carbons (Fsp3) is 0.600. The van der Waals surface area contributed by atoms with Crippen LogP contribution in [0.2, 0.25) is 0 Å². The summed E-state index contributed by atoms with van der Waals surface area (Å²) in [6.07, 6.45) is 4.21. The number of hydrogen-bond acceptors (Lipinski definition) is 2. The molecular formula is C15H23NS. The molecule has 1 aliphatic heterocycles. The van der Waals surface area contributed by atoms with Gasteiger partial charge >= 0.3 is 0 Å². The first kappa shape index (κ1) is 13.0. The zero-order valence-corrected chi connectivity index (χ0v) is 11.7. The Hall–Kier alpha value is -0.470. The lowest BCUT2D eigenvalue weighted by Gasteiger charge is -2.24. The molecule has 0 aromatic heterocycles. The zero-order chi connectivity index (χ0) is 12.1. The van der Waals surface area contributed by atoms with Crippen LogP contribution in [0, 0.1) is 6.92 Å². The van der Waals surface area contributed by atoms with Crippen molar-refractivity contribution in [1.82, 2.24) is 5.32 Å². The summed E-state index contributed by atoms with van der Waals surface area (Å²) >= 11 is 2.14. The van der Waals surface area contributed by atoms with Crippen LogP contribution in [0.25, 0.3) is 0 Å². The molecule has 0 aliphatic carbocycles. The van der Waals surface area contributed by atoms with Crippen LogP contribution in [-0.2, 0) is 0 Å². The fourth-order valence-electron chi connectivity index (χ4n) is 2.25. The molecule has 0 saturated carbocycles. The van der Waals surface area contributed by atoms with Crippen molar-refractivity contribution in [2.45, 2.75) is 44.4 Å². The van der Waals surface area contributed by atoms with Crippen LogP contribution >= 0.6 is 11.8 Å². The quantitative estimate of drug-likeness (QED) is 0.867. The second-order valence-corrected chi connectivity index (χ2v) is 6.44. The smallest absolute Gasteiger partial charge is 0.0292 e. The van der Waals surface area contributed by atoms with Crippen molar-refractivity contribution in [2.75, 3.05) is 12.3 Å². The van der Waals surface area contributed by atoms with Gasteiger partial charge in [-0.05, 0) is 38.0 Å². The molecule has 1 fully saturated rings. The first-order chi connectivity index (χ1) is 8.25. The van der Waals surface area contributed by atoms with E-state index in [1.807, 2.05) is 0 Å². The van der Waals surface area contributed by atoms with Gasteiger partial charge in [0.1, 0.15) is 0 Å². The maximum atomic E-state index is 3.67. The number of aryl methyl sites for hydroxylation is 1. The third kappa shape index (κ3) is 4.04. The van der Waals surface area contributed by atoms with Gasteiger partial charge in [-0.1, -0.05) is 36.2 Å². The Bertz CT molecular complexity index is 327. The van der Waals surface area contributed by atoms with Gasteiger partial charge in [-0.3, -0.25) is 0 Å². The van der Waals surface area contributed by atoms with Crippen LogP contribution < -0.4 is 5.32 Å². The van der Waals surface area contributed by atoms with Gasteiger partial charge in [0.15, 0.2) is 0 Å². The number of hydrogen-bond donors (Lipinski definition) is 1. The Labute approximate surface area is 109 Å². The van der Waals surface area contributed by atoms with Gasteiger partial charge in [-0.25, -0.2) is 0 Å². The van der Waals surface area contributed by atoms with E-state index in [1.54, 1.807) is 0 Å². The van der Waals surface area contributed by atoms with Gasteiger partial charge in [0, 0.05) is 17.8 Å². The topological polar surface area (TPSA) is 12.0 Å². The van der Waals surface area contributed by atoms with E-state index in [-0.39, 0.29) is 0 Å². The SMILES string of the molecule is Cc1ccc(C(C)NCC2CCCCS2)cc1. The number of thioether (sulfide) groups is 1. The van der Waals surface area contributed by atoms with Crippen LogP contribution in [0.4, 0.5) is 0 Å². The van der Waals surface area contributed by atoms with E-state index in [2.05, 4.69) is 55.2 Å². The monoisotopic (exact) mass is 249 g/mol. The maximum absolute atomic E-state index is 3.67. The molecule has 1 N–H and O–H groups in total. The summed E-state index contributed by atoms with van der Waals surface area (Å²) in [6, 6.07) is 9.34. The van der Waals surface area contributed by atoms with Gasteiger partial charge in [0.05, 0.1) is 0 Å². The predicted molar refractivity (Wildman–Crippen MR) is 77.7 cm³/mol. The van der Waals surface area contributed by atoms with Crippen LogP contribution in [-0.4, -0.2) is 17.5 Å². The highest BCUT2D eigenvalue weighted by atomic mass is 32.2. The van der Waals surface area contributed by atoms with Crippen LogP contribution in [0.1, 0.15) is 43.4 Å². The molecule has 1 aromatic rings. The predicted octanol–water partition coefficient (Wildman–Crippen LogP) is 3.93. The standard InChI is InChI=1S/C15H23NS/c1-12-6-8-14(9-7-12)13(2)16-11-15-5-3-4-10-17-15/h6-9,13,15-16H,3-5,10-11H2,1-2H3. The van der Waals surface area contributed by atoms with E-state index in [4.69, 9.17) is 0 Å². The highest BCUT2D eigenvalue weighted by Gasteiger charge is 2.14. The lowest BCUT2D eigenvalue weighted by Crippen LogP contribution is -2.28. The first-order valence-electron chi connectivity index (χ1n) is 6.67. The van der Waals surface area contributed by atoms with Crippen molar-refractivity contribution < 1.29 is 0 Å². The van der Waals surface area contributed by atoms with Crippen LogP contribution in [0.3, 0.4) is 0 Å². The van der Waals surface area contributed by atoms with Gasteiger partial charge in [-0.15, -0.1) is 0 Å². The molecule has 1 aromatic carbocycles. The van der Waals surface area contributed by atoms with Crippen LogP contribution in [0.15, 0.2) is 24.3 Å². The molecule has 1 nitrogen and oxygen atoms in total. The summed E-state index contributed by atoms with van der Waals surface area (Å²) in [7, 11) is 0. The zero-order valence-electron chi connectivity index (χ0n) is 10.9. The van der Waals surface area contributed by atoms with E-state index < -0.39 is 0 Å². The Kier molecular flexibility index (Phi) is 4.93. The number of benzene rings is 1. The van der Waals surface area contributed by atoms with Crippen molar-refractivity contribution >= 4 is 11.8 Å². The highest BCUT2D eigenvalue weighted by molar-refractivity contribution is 7.99. The van der Waals surface area contributed by atoms with Crippen molar-refractivity contribution in [3.8, 4) is 0 Å². The molecule has 2 rings (SSSR count). The number of nitrogens with one attached hydrogen (secondary N) is 1. The van der Waals surface area contributed by atoms with E-state index in [9.17, 15) is 0 Å². The molecule has 2 heteroatoms. The van der Waals surface area contributed by atoms with E-state index in [1.165, 1.54) is 36.1 Å². The van der Waals surface area contributed by atoms with Crippen molar-refractivity contribution in [1.29, 1.82) is 0 Å². The maximum Gasteiger partial charge on any atom is 0.0292 e. The minimum absolute atomic E-state index is 0.470. The summed E-state index contributed by atoms with van der Waals surface area (Å²) in [5.41, 5.74) is 2.74. The normalized spacial score (nSPS) is 22.4.